The van der Waals surface area contributed by atoms with Crippen molar-refractivity contribution in [3.05, 3.63) is 56.7 Å². The average Bonchev–Trinajstić information content (AvgIpc) is 3.21. The lowest BCUT2D eigenvalue weighted by Crippen LogP contribution is -2.45. The highest BCUT2D eigenvalue weighted by Gasteiger charge is 2.24. The van der Waals surface area contributed by atoms with Crippen molar-refractivity contribution in [3.8, 4) is 6.07 Å². The van der Waals surface area contributed by atoms with Crippen molar-refractivity contribution in [2.24, 2.45) is 5.73 Å². The number of carbonyl (C=O) groups excluding carboxylic acids is 1. The van der Waals surface area contributed by atoms with E-state index in [2.05, 4.69) is 11.4 Å². The molecule has 2 aromatic heterocycles. The predicted octanol–water partition coefficient (Wildman–Crippen LogP) is 2.06. The van der Waals surface area contributed by atoms with Crippen LogP contribution in [0.1, 0.15) is 40.6 Å². The SMILES string of the molecule is CCNC(=O)c1cc2nc(N3CCC[C@@H](N)C3)n(Cc3ccccc3C#N)c(=O)c2s1. The molecule has 1 aromatic carbocycles. The van der Waals surface area contributed by atoms with Gasteiger partial charge >= 0.3 is 0 Å². The number of hydrogen-bond donors (Lipinski definition) is 2. The molecule has 4 rings (SSSR count). The second-order valence-corrected chi connectivity index (χ2v) is 8.66. The van der Waals surface area contributed by atoms with Crippen molar-refractivity contribution in [2.75, 3.05) is 24.5 Å². The molecule has 160 valence electrons. The molecule has 0 bridgehead atoms. The molecule has 9 heteroatoms. The van der Waals surface area contributed by atoms with E-state index in [4.69, 9.17) is 10.7 Å². The van der Waals surface area contributed by atoms with Crippen LogP contribution in [0.15, 0.2) is 35.1 Å². The van der Waals surface area contributed by atoms with E-state index in [9.17, 15) is 14.9 Å². The van der Waals surface area contributed by atoms with Gasteiger partial charge < -0.3 is 16.0 Å². The summed E-state index contributed by atoms with van der Waals surface area (Å²) in [6, 6.07) is 11.1. The third-order valence-electron chi connectivity index (χ3n) is 5.38. The Bertz CT molecular complexity index is 1220. The topological polar surface area (TPSA) is 117 Å². The van der Waals surface area contributed by atoms with Crippen molar-refractivity contribution in [1.29, 1.82) is 5.26 Å². The highest BCUT2D eigenvalue weighted by atomic mass is 32.1. The van der Waals surface area contributed by atoms with Crippen LogP contribution in [-0.4, -0.2) is 41.1 Å². The summed E-state index contributed by atoms with van der Waals surface area (Å²) < 4.78 is 2.04. The minimum absolute atomic E-state index is 0.00885. The van der Waals surface area contributed by atoms with Gasteiger partial charge in [-0.3, -0.25) is 14.2 Å². The fraction of sp³-hybridized carbons (Fsp3) is 0.364. The van der Waals surface area contributed by atoms with Gasteiger partial charge in [0, 0.05) is 25.7 Å². The molecule has 1 aliphatic heterocycles. The van der Waals surface area contributed by atoms with Crippen molar-refractivity contribution < 1.29 is 4.79 Å². The van der Waals surface area contributed by atoms with Gasteiger partial charge in [0.25, 0.3) is 11.5 Å². The van der Waals surface area contributed by atoms with E-state index in [0.717, 1.165) is 36.3 Å². The van der Waals surface area contributed by atoms with Gasteiger partial charge in [0.15, 0.2) is 0 Å². The fourth-order valence-electron chi connectivity index (χ4n) is 3.87. The number of nitrogens with one attached hydrogen (secondary N) is 1. The van der Waals surface area contributed by atoms with Gasteiger partial charge in [-0.05, 0) is 37.5 Å². The first-order valence-electron chi connectivity index (χ1n) is 10.3. The van der Waals surface area contributed by atoms with Gasteiger partial charge in [-0.1, -0.05) is 18.2 Å². The zero-order chi connectivity index (χ0) is 22.0. The molecule has 1 amide bonds. The normalized spacial score (nSPS) is 16.3. The van der Waals surface area contributed by atoms with Gasteiger partial charge in [0.1, 0.15) is 4.70 Å². The Morgan fingerprint density at radius 2 is 2.23 bits per heavy atom. The van der Waals surface area contributed by atoms with Crippen LogP contribution < -0.4 is 21.5 Å². The van der Waals surface area contributed by atoms with Crippen molar-refractivity contribution in [1.82, 2.24) is 14.9 Å². The summed E-state index contributed by atoms with van der Waals surface area (Å²) in [7, 11) is 0. The number of thiophene rings is 1. The van der Waals surface area contributed by atoms with E-state index in [1.807, 2.05) is 24.0 Å². The summed E-state index contributed by atoms with van der Waals surface area (Å²) in [4.78, 5) is 33.1. The van der Waals surface area contributed by atoms with Gasteiger partial charge in [0.05, 0.1) is 28.6 Å². The van der Waals surface area contributed by atoms with E-state index in [-0.39, 0.29) is 24.1 Å². The molecule has 0 radical (unpaired) electrons. The molecule has 0 unspecified atom stereocenters. The monoisotopic (exact) mass is 436 g/mol. The molecular weight excluding hydrogens is 412 g/mol. The molecule has 3 aromatic rings. The Hall–Kier alpha value is -3.22. The summed E-state index contributed by atoms with van der Waals surface area (Å²) in [5, 5.41) is 12.3. The van der Waals surface area contributed by atoms with E-state index in [1.54, 1.807) is 22.8 Å². The highest BCUT2D eigenvalue weighted by Crippen LogP contribution is 2.26. The highest BCUT2D eigenvalue weighted by molar-refractivity contribution is 7.20. The van der Waals surface area contributed by atoms with E-state index >= 15 is 0 Å². The van der Waals surface area contributed by atoms with Gasteiger partial charge in [0.2, 0.25) is 5.95 Å². The second-order valence-electron chi connectivity index (χ2n) is 7.60. The standard InChI is InChI=1S/C22H24N6O2S/c1-2-25-20(29)18-10-17-19(31-18)21(30)28(12-15-7-4-3-6-14(15)11-23)22(26-17)27-9-5-8-16(24)13-27/h3-4,6-7,10,16H,2,5,8-9,12-13,24H2,1H3,(H,25,29)/t16-/m1/s1. The molecule has 1 fully saturated rings. The Morgan fingerprint density at radius 3 is 2.97 bits per heavy atom. The first kappa shape index (κ1) is 21.0. The van der Waals surface area contributed by atoms with Crippen molar-refractivity contribution in [2.45, 2.75) is 32.4 Å². The number of amides is 1. The zero-order valence-corrected chi connectivity index (χ0v) is 18.1. The maximum absolute atomic E-state index is 13.5. The Labute approximate surface area is 183 Å². The molecule has 3 N–H and O–H groups in total. The van der Waals surface area contributed by atoms with Crippen LogP contribution in [0.3, 0.4) is 0 Å². The largest absolute Gasteiger partial charge is 0.352 e. The summed E-state index contributed by atoms with van der Waals surface area (Å²) in [5.74, 6) is 0.313. The smallest absolute Gasteiger partial charge is 0.273 e. The minimum Gasteiger partial charge on any atom is -0.352 e. The lowest BCUT2D eigenvalue weighted by molar-refractivity contribution is 0.0960. The third-order valence-corrected chi connectivity index (χ3v) is 6.49. The zero-order valence-electron chi connectivity index (χ0n) is 17.3. The predicted molar refractivity (Wildman–Crippen MR) is 122 cm³/mol. The van der Waals surface area contributed by atoms with Crippen LogP contribution in [-0.2, 0) is 6.54 Å². The Kier molecular flexibility index (Phi) is 6.02. The van der Waals surface area contributed by atoms with Crippen LogP contribution in [0.2, 0.25) is 0 Å². The molecule has 1 saturated heterocycles. The molecule has 31 heavy (non-hydrogen) atoms. The van der Waals surface area contributed by atoms with Gasteiger partial charge in [-0.2, -0.15) is 5.26 Å². The van der Waals surface area contributed by atoms with Crippen LogP contribution >= 0.6 is 11.3 Å². The van der Waals surface area contributed by atoms with Crippen LogP contribution in [0.5, 0.6) is 0 Å². The second kappa shape index (κ2) is 8.88. The lowest BCUT2D eigenvalue weighted by Gasteiger charge is -2.33. The number of piperidine rings is 1. The van der Waals surface area contributed by atoms with Crippen LogP contribution in [0.25, 0.3) is 10.2 Å². The quantitative estimate of drug-likeness (QED) is 0.632. The number of carbonyl (C=O) groups is 1. The number of hydrogen-bond acceptors (Lipinski definition) is 7. The number of nitrogens with two attached hydrogens (primary N) is 1. The molecule has 3 heterocycles. The summed E-state index contributed by atoms with van der Waals surface area (Å²) in [6.45, 7) is 3.93. The molecule has 0 aliphatic carbocycles. The minimum atomic E-state index is -0.215. The molecule has 0 saturated carbocycles. The van der Waals surface area contributed by atoms with Crippen LogP contribution in [0.4, 0.5) is 5.95 Å². The Morgan fingerprint density at radius 1 is 1.42 bits per heavy atom. The first-order valence-corrected chi connectivity index (χ1v) is 11.1. The van der Waals surface area contributed by atoms with Gasteiger partial charge in [-0.25, -0.2) is 4.98 Å². The molecule has 1 aliphatic rings. The van der Waals surface area contributed by atoms with E-state index in [0.29, 0.717) is 39.7 Å². The lowest BCUT2D eigenvalue weighted by atomic mass is 10.1. The average molecular weight is 437 g/mol. The number of nitrogens with zero attached hydrogens (tertiary/aromatic N) is 4. The number of benzene rings is 1. The molecule has 1 atom stereocenters. The maximum Gasteiger partial charge on any atom is 0.273 e. The summed E-state index contributed by atoms with van der Waals surface area (Å²) in [5.41, 5.74) is 7.75. The molecule has 0 spiro atoms. The van der Waals surface area contributed by atoms with Crippen molar-refractivity contribution in [3.63, 3.8) is 0 Å². The third kappa shape index (κ3) is 4.17. The first-order chi connectivity index (χ1) is 15.0. The number of anilines is 1. The Balaban J connectivity index is 1.87. The number of rotatable bonds is 5. The number of aromatic nitrogens is 2. The molecule has 8 nitrogen and oxygen atoms in total. The van der Waals surface area contributed by atoms with Gasteiger partial charge in [-0.15, -0.1) is 11.3 Å². The van der Waals surface area contributed by atoms with E-state index < -0.39 is 0 Å². The summed E-state index contributed by atoms with van der Waals surface area (Å²) >= 11 is 1.15. The molecular formula is C22H24N6O2S. The van der Waals surface area contributed by atoms with Crippen LogP contribution in [0, 0.1) is 11.3 Å². The van der Waals surface area contributed by atoms with E-state index in [1.165, 1.54) is 0 Å². The fourth-order valence-corrected chi connectivity index (χ4v) is 4.83. The maximum atomic E-state index is 13.5. The number of nitriles is 1. The number of fused-ring (bicyclic) bond motifs is 1. The van der Waals surface area contributed by atoms with Crippen molar-refractivity contribution >= 4 is 33.4 Å². The summed E-state index contributed by atoms with van der Waals surface area (Å²) in [6.07, 6.45) is 1.84.